The van der Waals surface area contributed by atoms with Crippen molar-refractivity contribution in [1.82, 2.24) is 14.7 Å². The molecule has 2 aromatic rings. The summed E-state index contributed by atoms with van der Waals surface area (Å²) in [5, 5.41) is 4.29. The van der Waals surface area contributed by atoms with Crippen molar-refractivity contribution in [2.75, 3.05) is 19.6 Å². The van der Waals surface area contributed by atoms with E-state index in [1.54, 1.807) is 0 Å². The Kier molecular flexibility index (Phi) is 4.42. The fraction of sp³-hybridized carbons (Fsp3) is 0.438. The highest BCUT2D eigenvalue weighted by molar-refractivity contribution is 9.10. The lowest BCUT2D eigenvalue weighted by atomic mass is 9.89. The Morgan fingerprint density at radius 3 is 2.67 bits per heavy atom. The highest BCUT2D eigenvalue weighted by Crippen LogP contribution is 2.33. The van der Waals surface area contributed by atoms with E-state index in [0.717, 1.165) is 30.7 Å². The molecule has 5 heteroatoms. The molecule has 1 aromatic carbocycles. The van der Waals surface area contributed by atoms with Gasteiger partial charge in [0.25, 0.3) is 0 Å². The van der Waals surface area contributed by atoms with E-state index in [2.05, 4.69) is 56.3 Å². The van der Waals surface area contributed by atoms with Crippen LogP contribution < -0.4 is 5.73 Å². The molecule has 0 bridgehead atoms. The SMILES string of the molecule is Cn1ncc(Br)c1CN1C[C@@H](CN)[C@H](c2ccccc2)C1. The summed E-state index contributed by atoms with van der Waals surface area (Å²) in [4.78, 5) is 2.48. The molecule has 0 aliphatic carbocycles. The van der Waals surface area contributed by atoms with Gasteiger partial charge in [-0.05, 0) is 34.0 Å². The lowest BCUT2D eigenvalue weighted by molar-refractivity contribution is 0.307. The molecule has 2 atom stereocenters. The number of benzene rings is 1. The van der Waals surface area contributed by atoms with Crippen LogP contribution in [0.2, 0.25) is 0 Å². The van der Waals surface area contributed by atoms with Crippen molar-refractivity contribution in [1.29, 1.82) is 0 Å². The lowest BCUT2D eigenvalue weighted by Gasteiger charge is -2.17. The van der Waals surface area contributed by atoms with Crippen LogP contribution in [0.1, 0.15) is 17.2 Å². The molecule has 1 fully saturated rings. The third-order valence-electron chi connectivity index (χ3n) is 4.43. The predicted molar refractivity (Wildman–Crippen MR) is 87.9 cm³/mol. The van der Waals surface area contributed by atoms with Crippen molar-refractivity contribution in [2.24, 2.45) is 18.7 Å². The Bertz CT molecular complexity index is 576. The van der Waals surface area contributed by atoms with Crippen LogP contribution in [-0.4, -0.2) is 34.3 Å². The first-order valence-electron chi connectivity index (χ1n) is 7.32. The summed E-state index contributed by atoms with van der Waals surface area (Å²) < 4.78 is 3.02. The summed E-state index contributed by atoms with van der Waals surface area (Å²) in [6.45, 7) is 3.76. The molecule has 1 aromatic heterocycles. The molecule has 0 saturated carbocycles. The number of hydrogen-bond acceptors (Lipinski definition) is 3. The number of rotatable bonds is 4. The molecule has 1 aliphatic heterocycles. The average molecular weight is 349 g/mol. The second-order valence-electron chi connectivity index (χ2n) is 5.77. The molecule has 21 heavy (non-hydrogen) atoms. The van der Waals surface area contributed by atoms with Crippen LogP contribution in [0.25, 0.3) is 0 Å². The lowest BCUT2D eigenvalue weighted by Crippen LogP contribution is -2.24. The summed E-state index contributed by atoms with van der Waals surface area (Å²) in [6, 6.07) is 10.7. The van der Waals surface area contributed by atoms with Crippen molar-refractivity contribution in [3.8, 4) is 0 Å². The zero-order chi connectivity index (χ0) is 14.8. The number of aryl methyl sites for hydroxylation is 1. The van der Waals surface area contributed by atoms with Crippen molar-refractivity contribution < 1.29 is 0 Å². The third-order valence-corrected chi connectivity index (χ3v) is 5.09. The van der Waals surface area contributed by atoms with Crippen LogP contribution in [-0.2, 0) is 13.6 Å². The smallest absolute Gasteiger partial charge is 0.0663 e. The zero-order valence-corrected chi connectivity index (χ0v) is 13.8. The third kappa shape index (κ3) is 3.05. The molecular weight excluding hydrogens is 328 g/mol. The second-order valence-corrected chi connectivity index (χ2v) is 6.62. The molecule has 0 spiro atoms. The molecule has 1 aliphatic rings. The van der Waals surface area contributed by atoms with Crippen LogP contribution >= 0.6 is 15.9 Å². The largest absolute Gasteiger partial charge is 0.330 e. The van der Waals surface area contributed by atoms with E-state index in [0.29, 0.717) is 11.8 Å². The number of halogens is 1. The Hall–Kier alpha value is -1.17. The molecule has 2 N–H and O–H groups in total. The van der Waals surface area contributed by atoms with Crippen LogP contribution in [0, 0.1) is 5.92 Å². The van der Waals surface area contributed by atoms with Crippen LogP contribution in [0.5, 0.6) is 0 Å². The Morgan fingerprint density at radius 1 is 1.29 bits per heavy atom. The highest BCUT2D eigenvalue weighted by Gasteiger charge is 2.33. The first-order valence-corrected chi connectivity index (χ1v) is 8.12. The van der Waals surface area contributed by atoms with E-state index in [9.17, 15) is 0 Å². The van der Waals surface area contributed by atoms with Crippen molar-refractivity contribution in [3.63, 3.8) is 0 Å². The molecule has 4 nitrogen and oxygen atoms in total. The van der Waals surface area contributed by atoms with Gasteiger partial charge in [0, 0.05) is 32.6 Å². The minimum atomic E-state index is 0.527. The summed E-state index contributed by atoms with van der Waals surface area (Å²) in [6.07, 6.45) is 1.86. The molecule has 1 saturated heterocycles. The Morgan fingerprint density at radius 2 is 2.05 bits per heavy atom. The predicted octanol–water partition coefficient (Wildman–Crippen LogP) is 2.36. The highest BCUT2D eigenvalue weighted by atomic mass is 79.9. The molecular formula is C16H21BrN4. The number of aromatic nitrogens is 2. The van der Waals surface area contributed by atoms with Gasteiger partial charge in [-0.1, -0.05) is 30.3 Å². The van der Waals surface area contributed by atoms with Crippen LogP contribution in [0.4, 0.5) is 0 Å². The van der Waals surface area contributed by atoms with E-state index >= 15 is 0 Å². The summed E-state index contributed by atoms with van der Waals surface area (Å²) >= 11 is 3.58. The summed E-state index contributed by atoms with van der Waals surface area (Å²) in [7, 11) is 1.99. The van der Waals surface area contributed by atoms with Crippen molar-refractivity contribution >= 4 is 15.9 Å². The van der Waals surface area contributed by atoms with E-state index in [-0.39, 0.29) is 0 Å². The van der Waals surface area contributed by atoms with Gasteiger partial charge >= 0.3 is 0 Å². The molecule has 0 unspecified atom stereocenters. The fourth-order valence-electron chi connectivity index (χ4n) is 3.23. The molecule has 0 amide bonds. The minimum absolute atomic E-state index is 0.527. The van der Waals surface area contributed by atoms with Gasteiger partial charge in [0.2, 0.25) is 0 Å². The maximum Gasteiger partial charge on any atom is 0.0663 e. The fourth-order valence-corrected chi connectivity index (χ4v) is 3.71. The van der Waals surface area contributed by atoms with Gasteiger partial charge in [-0.25, -0.2) is 0 Å². The number of hydrogen-bond donors (Lipinski definition) is 1. The summed E-state index contributed by atoms with van der Waals surface area (Å²) in [5.74, 6) is 1.06. The van der Waals surface area contributed by atoms with Gasteiger partial charge in [-0.3, -0.25) is 9.58 Å². The number of nitrogens with two attached hydrogens (primary N) is 1. The van der Waals surface area contributed by atoms with E-state index in [1.807, 2.05) is 17.9 Å². The molecule has 0 radical (unpaired) electrons. The minimum Gasteiger partial charge on any atom is -0.330 e. The Labute approximate surface area is 134 Å². The molecule has 2 heterocycles. The van der Waals surface area contributed by atoms with Gasteiger partial charge in [0.1, 0.15) is 0 Å². The first kappa shape index (κ1) is 14.8. The monoisotopic (exact) mass is 348 g/mol. The Balaban J connectivity index is 1.75. The zero-order valence-electron chi connectivity index (χ0n) is 12.2. The maximum atomic E-state index is 6.00. The average Bonchev–Trinajstić information content (AvgIpc) is 3.06. The van der Waals surface area contributed by atoms with Gasteiger partial charge in [-0.15, -0.1) is 0 Å². The normalized spacial score (nSPS) is 22.8. The van der Waals surface area contributed by atoms with E-state index in [4.69, 9.17) is 5.73 Å². The van der Waals surface area contributed by atoms with E-state index in [1.165, 1.54) is 11.3 Å². The van der Waals surface area contributed by atoms with Gasteiger partial charge in [-0.2, -0.15) is 5.10 Å². The van der Waals surface area contributed by atoms with Gasteiger partial charge in [0.15, 0.2) is 0 Å². The topological polar surface area (TPSA) is 47.1 Å². The second kappa shape index (κ2) is 6.30. The number of nitrogens with zero attached hydrogens (tertiary/aromatic N) is 3. The van der Waals surface area contributed by atoms with Crippen molar-refractivity contribution in [2.45, 2.75) is 12.5 Å². The molecule has 112 valence electrons. The first-order chi connectivity index (χ1) is 10.2. The standard InChI is InChI=1S/C16H21BrN4/c1-20-16(15(17)8-19-20)11-21-9-13(7-18)14(10-21)12-5-3-2-4-6-12/h2-6,8,13-14H,7,9-11,18H2,1H3/t13-,14+/m1/s1. The maximum absolute atomic E-state index is 6.00. The van der Waals surface area contributed by atoms with Gasteiger partial charge in [0.05, 0.1) is 16.4 Å². The summed E-state index contributed by atoms with van der Waals surface area (Å²) in [5.41, 5.74) is 8.63. The number of likely N-dealkylation sites (tertiary alicyclic amines) is 1. The van der Waals surface area contributed by atoms with E-state index < -0.39 is 0 Å². The van der Waals surface area contributed by atoms with Crippen molar-refractivity contribution in [3.05, 3.63) is 52.3 Å². The van der Waals surface area contributed by atoms with Gasteiger partial charge < -0.3 is 5.73 Å². The van der Waals surface area contributed by atoms with Crippen LogP contribution in [0.15, 0.2) is 41.0 Å². The quantitative estimate of drug-likeness (QED) is 0.922. The molecule has 3 rings (SSSR count). The van der Waals surface area contributed by atoms with Crippen LogP contribution in [0.3, 0.4) is 0 Å².